The lowest BCUT2D eigenvalue weighted by Crippen LogP contribution is -2.00. The molecule has 1 heterocycles. The number of rotatable bonds is 4. The largest absolute Gasteiger partial charge is 0.487 e. The van der Waals surface area contributed by atoms with E-state index in [4.69, 9.17) is 4.74 Å². The van der Waals surface area contributed by atoms with Crippen LogP contribution in [0.2, 0.25) is 0 Å². The standard InChI is InChI=1S/C14H9FI2N4O/c15-10-3-1-2-8(4-10)7-22-13-11(16)5-9(6-12(13)17)14-18-20-21-19-14/h1-6H,7H2,(H,18,19,20,21). The summed E-state index contributed by atoms with van der Waals surface area (Å²) < 4.78 is 20.9. The van der Waals surface area contributed by atoms with Crippen LogP contribution in [-0.4, -0.2) is 20.6 Å². The van der Waals surface area contributed by atoms with Gasteiger partial charge in [0.25, 0.3) is 0 Å². The van der Waals surface area contributed by atoms with Gasteiger partial charge in [-0.3, -0.25) is 0 Å². The van der Waals surface area contributed by atoms with Crippen LogP contribution in [0.5, 0.6) is 5.75 Å². The fourth-order valence-corrected chi connectivity index (χ4v) is 3.97. The Bertz CT molecular complexity index is 772. The second-order valence-electron chi connectivity index (χ2n) is 4.42. The second-order valence-corrected chi connectivity index (χ2v) is 6.75. The number of nitrogens with zero attached hydrogens (tertiary/aromatic N) is 3. The van der Waals surface area contributed by atoms with Crippen molar-refractivity contribution >= 4 is 45.2 Å². The number of halogens is 3. The normalized spacial score (nSPS) is 10.7. The van der Waals surface area contributed by atoms with Crippen LogP contribution in [-0.2, 0) is 6.61 Å². The maximum atomic E-state index is 13.2. The van der Waals surface area contributed by atoms with Crippen molar-refractivity contribution in [3.05, 3.63) is 54.9 Å². The molecule has 0 unspecified atom stereocenters. The first-order valence-electron chi connectivity index (χ1n) is 6.23. The SMILES string of the molecule is Fc1cccc(COc2c(I)cc(-c3nn[nH]n3)cc2I)c1. The monoisotopic (exact) mass is 522 g/mol. The van der Waals surface area contributed by atoms with Crippen molar-refractivity contribution in [2.75, 3.05) is 0 Å². The van der Waals surface area contributed by atoms with Crippen molar-refractivity contribution in [3.8, 4) is 17.1 Å². The number of H-pyrrole nitrogens is 1. The molecule has 0 spiro atoms. The van der Waals surface area contributed by atoms with Gasteiger partial charge in [0.1, 0.15) is 18.2 Å². The molecule has 0 bridgehead atoms. The van der Waals surface area contributed by atoms with E-state index in [2.05, 4.69) is 65.8 Å². The summed E-state index contributed by atoms with van der Waals surface area (Å²) in [4.78, 5) is 0. The Hall–Kier alpha value is -1.30. The van der Waals surface area contributed by atoms with Gasteiger partial charge >= 0.3 is 0 Å². The summed E-state index contributed by atoms with van der Waals surface area (Å²) in [5.41, 5.74) is 1.65. The van der Waals surface area contributed by atoms with E-state index in [1.54, 1.807) is 6.07 Å². The van der Waals surface area contributed by atoms with Crippen molar-refractivity contribution in [3.63, 3.8) is 0 Å². The van der Waals surface area contributed by atoms with Gasteiger partial charge < -0.3 is 4.74 Å². The molecule has 0 aliphatic heterocycles. The van der Waals surface area contributed by atoms with Crippen LogP contribution in [0.3, 0.4) is 0 Å². The molecule has 1 N–H and O–H groups in total. The summed E-state index contributed by atoms with van der Waals surface area (Å²) in [5, 5.41) is 13.9. The Balaban J connectivity index is 1.82. The highest BCUT2D eigenvalue weighted by Gasteiger charge is 2.12. The molecule has 0 radical (unpaired) electrons. The van der Waals surface area contributed by atoms with E-state index in [0.29, 0.717) is 12.4 Å². The summed E-state index contributed by atoms with van der Waals surface area (Å²) in [6, 6.07) is 10.2. The number of benzene rings is 2. The summed E-state index contributed by atoms with van der Waals surface area (Å²) in [7, 11) is 0. The molecule has 3 rings (SSSR count). The predicted molar refractivity (Wildman–Crippen MR) is 95.8 cm³/mol. The second kappa shape index (κ2) is 6.86. The smallest absolute Gasteiger partial charge is 0.204 e. The molecule has 1 aromatic heterocycles. The minimum absolute atomic E-state index is 0.266. The van der Waals surface area contributed by atoms with E-state index >= 15 is 0 Å². The zero-order valence-corrected chi connectivity index (χ0v) is 15.4. The topological polar surface area (TPSA) is 63.7 Å². The Morgan fingerprint density at radius 1 is 1.14 bits per heavy atom. The van der Waals surface area contributed by atoms with Gasteiger partial charge in [0, 0.05) is 5.56 Å². The van der Waals surface area contributed by atoms with Gasteiger partial charge in [-0.1, -0.05) is 12.1 Å². The summed E-state index contributed by atoms with van der Waals surface area (Å²) >= 11 is 4.39. The molecule has 8 heteroatoms. The molecule has 22 heavy (non-hydrogen) atoms. The van der Waals surface area contributed by atoms with E-state index in [0.717, 1.165) is 24.0 Å². The molecule has 0 saturated carbocycles. The lowest BCUT2D eigenvalue weighted by molar-refractivity contribution is 0.301. The molecule has 5 nitrogen and oxygen atoms in total. The first kappa shape index (κ1) is 15.6. The maximum absolute atomic E-state index is 13.2. The number of ether oxygens (including phenoxy) is 1. The minimum Gasteiger partial charge on any atom is -0.487 e. The first-order chi connectivity index (χ1) is 10.6. The fourth-order valence-electron chi connectivity index (χ4n) is 1.89. The number of tetrazole rings is 1. The zero-order valence-electron chi connectivity index (χ0n) is 11.1. The van der Waals surface area contributed by atoms with Crippen molar-refractivity contribution < 1.29 is 9.13 Å². The van der Waals surface area contributed by atoms with Crippen LogP contribution in [0.25, 0.3) is 11.4 Å². The van der Waals surface area contributed by atoms with Crippen LogP contribution < -0.4 is 4.74 Å². The van der Waals surface area contributed by atoms with Crippen molar-refractivity contribution in [1.29, 1.82) is 0 Å². The van der Waals surface area contributed by atoms with E-state index in [1.807, 2.05) is 18.2 Å². The van der Waals surface area contributed by atoms with E-state index in [-0.39, 0.29) is 5.82 Å². The molecule has 0 fully saturated rings. The minimum atomic E-state index is -0.266. The third-order valence-electron chi connectivity index (χ3n) is 2.87. The number of nitrogens with one attached hydrogen (secondary N) is 1. The van der Waals surface area contributed by atoms with Gasteiger partial charge in [0.2, 0.25) is 5.82 Å². The maximum Gasteiger partial charge on any atom is 0.204 e. The molecule has 112 valence electrons. The number of aromatic nitrogens is 4. The molecular weight excluding hydrogens is 513 g/mol. The summed E-state index contributed by atoms with van der Waals surface area (Å²) in [5.74, 6) is 1.03. The van der Waals surface area contributed by atoms with E-state index in [9.17, 15) is 4.39 Å². The quantitative estimate of drug-likeness (QED) is 0.531. The highest BCUT2D eigenvalue weighted by molar-refractivity contribution is 14.1. The van der Waals surface area contributed by atoms with Gasteiger partial charge in [-0.05, 0) is 80.2 Å². The van der Waals surface area contributed by atoms with Gasteiger partial charge in [-0.15, -0.1) is 10.2 Å². The Kier molecular flexibility index (Phi) is 4.86. The molecule has 0 saturated heterocycles. The molecule has 3 aromatic rings. The lowest BCUT2D eigenvalue weighted by Gasteiger charge is -2.11. The van der Waals surface area contributed by atoms with Crippen LogP contribution in [0, 0.1) is 13.0 Å². The van der Waals surface area contributed by atoms with Crippen LogP contribution in [0.4, 0.5) is 4.39 Å². The average molecular weight is 522 g/mol. The third-order valence-corrected chi connectivity index (χ3v) is 4.48. The Labute approximate surface area is 152 Å². The summed E-state index contributed by atoms with van der Waals surface area (Å²) in [6.45, 7) is 0.311. The van der Waals surface area contributed by atoms with Gasteiger partial charge in [0.05, 0.1) is 7.14 Å². The van der Waals surface area contributed by atoms with Crippen LogP contribution in [0.1, 0.15) is 5.56 Å². The fraction of sp³-hybridized carbons (Fsp3) is 0.0714. The van der Waals surface area contributed by atoms with Gasteiger partial charge in [-0.25, -0.2) is 4.39 Å². The van der Waals surface area contributed by atoms with Crippen molar-refractivity contribution in [2.45, 2.75) is 6.61 Å². The third kappa shape index (κ3) is 3.54. The van der Waals surface area contributed by atoms with Crippen LogP contribution in [0.15, 0.2) is 36.4 Å². The highest BCUT2D eigenvalue weighted by atomic mass is 127. The summed E-state index contributed by atoms with van der Waals surface area (Å²) in [6.07, 6.45) is 0. The Morgan fingerprint density at radius 3 is 2.55 bits per heavy atom. The average Bonchev–Trinajstić information content (AvgIpc) is 3.00. The highest BCUT2D eigenvalue weighted by Crippen LogP contribution is 2.32. The van der Waals surface area contributed by atoms with Gasteiger partial charge in [-0.2, -0.15) is 5.21 Å². The van der Waals surface area contributed by atoms with Crippen molar-refractivity contribution in [1.82, 2.24) is 20.6 Å². The molecular formula is C14H9FI2N4O. The zero-order chi connectivity index (χ0) is 15.5. The number of hydrogen-bond donors (Lipinski definition) is 1. The van der Waals surface area contributed by atoms with Crippen molar-refractivity contribution in [2.24, 2.45) is 0 Å². The molecule has 0 amide bonds. The Morgan fingerprint density at radius 2 is 1.91 bits per heavy atom. The number of aromatic amines is 1. The molecule has 2 aromatic carbocycles. The van der Waals surface area contributed by atoms with E-state index < -0.39 is 0 Å². The molecule has 0 aliphatic rings. The molecule has 0 aliphatic carbocycles. The molecule has 0 atom stereocenters. The predicted octanol–water partition coefficient (Wildman–Crippen LogP) is 3.79. The lowest BCUT2D eigenvalue weighted by atomic mass is 10.2. The van der Waals surface area contributed by atoms with Crippen LogP contribution >= 0.6 is 45.2 Å². The number of hydrogen-bond acceptors (Lipinski definition) is 4. The van der Waals surface area contributed by atoms with Gasteiger partial charge in [0.15, 0.2) is 0 Å². The van der Waals surface area contributed by atoms with E-state index in [1.165, 1.54) is 12.1 Å². The first-order valence-corrected chi connectivity index (χ1v) is 8.39.